The zero-order valence-corrected chi connectivity index (χ0v) is 11.4. The van der Waals surface area contributed by atoms with Crippen molar-refractivity contribution in [2.24, 2.45) is 0 Å². The Kier molecular flexibility index (Phi) is 2.24. The maximum absolute atomic E-state index is 4.70. The number of pyridine rings is 3. The van der Waals surface area contributed by atoms with Crippen LogP contribution in [0.1, 0.15) is 11.4 Å². The molecule has 1 aromatic carbocycles. The predicted octanol–water partition coefficient (Wildman–Crippen LogP) is 3.95. The lowest BCUT2D eigenvalue weighted by Gasteiger charge is -2.09. The Labute approximate surface area is 116 Å². The van der Waals surface area contributed by atoms with E-state index in [9.17, 15) is 0 Å². The minimum atomic E-state index is 0.940. The van der Waals surface area contributed by atoms with Crippen molar-refractivity contribution in [1.82, 2.24) is 15.0 Å². The molecule has 4 rings (SSSR count). The molecular formula is C17H13N3. The number of hydrogen-bond donors (Lipinski definition) is 0. The molecule has 0 aliphatic heterocycles. The summed E-state index contributed by atoms with van der Waals surface area (Å²) in [7, 11) is 0. The van der Waals surface area contributed by atoms with E-state index in [1.165, 1.54) is 0 Å². The van der Waals surface area contributed by atoms with E-state index in [-0.39, 0.29) is 0 Å². The summed E-state index contributed by atoms with van der Waals surface area (Å²) in [6, 6.07) is 12.3. The van der Waals surface area contributed by atoms with Crippen LogP contribution >= 0.6 is 0 Å². The molecule has 0 fully saturated rings. The topological polar surface area (TPSA) is 38.7 Å². The summed E-state index contributed by atoms with van der Waals surface area (Å²) in [5.41, 5.74) is 4.90. The van der Waals surface area contributed by atoms with Gasteiger partial charge in [0.15, 0.2) is 0 Å². The summed E-state index contributed by atoms with van der Waals surface area (Å²) < 4.78 is 0. The van der Waals surface area contributed by atoms with E-state index in [1.807, 2.05) is 38.2 Å². The van der Waals surface area contributed by atoms with Crippen LogP contribution in [0.15, 0.2) is 42.6 Å². The molecule has 3 heteroatoms. The summed E-state index contributed by atoms with van der Waals surface area (Å²) in [4.78, 5) is 13.9. The Bertz CT molecular complexity index is 894. The first-order chi connectivity index (χ1) is 9.74. The molecule has 4 aromatic rings. The SMILES string of the molecule is Cc1ccc2c3cccnc3c3ccc(C)nc3c2n1. The minimum absolute atomic E-state index is 0.940. The molecular weight excluding hydrogens is 246 g/mol. The maximum Gasteiger partial charge on any atom is 0.0990 e. The van der Waals surface area contributed by atoms with Gasteiger partial charge in [-0.15, -0.1) is 0 Å². The van der Waals surface area contributed by atoms with Crippen molar-refractivity contribution < 1.29 is 0 Å². The third kappa shape index (κ3) is 1.50. The van der Waals surface area contributed by atoms with Crippen molar-refractivity contribution in [2.45, 2.75) is 13.8 Å². The van der Waals surface area contributed by atoms with Gasteiger partial charge in [0.05, 0.1) is 16.6 Å². The van der Waals surface area contributed by atoms with Gasteiger partial charge in [-0.1, -0.05) is 12.1 Å². The van der Waals surface area contributed by atoms with Gasteiger partial charge in [-0.05, 0) is 38.1 Å². The summed E-state index contributed by atoms with van der Waals surface area (Å²) in [5.74, 6) is 0. The van der Waals surface area contributed by atoms with Crippen molar-refractivity contribution in [1.29, 1.82) is 0 Å². The lowest BCUT2D eigenvalue weighted by Crippen LogP contribution is -1.92. The molecule has 0 amide bonds. The first-order valence-corrected chi connectivity index (χ1v) is 6.65. The van der Waals surface area contributed by atoms with Gasteiger partial charge in [-0.25, -0.2) is 0 Å². The number of hydrogen-bond acceptors (Lipinski definition) is 3. The molecule has 0 atom stereocenters. The largest absolute Gasteiger partial charge is 0.256 e. The van der Waals surface area contributed by atoms with Crippen LogP contribution in [0.4, 0.5) is 0 Å². The second-order valence-electron chi connectivity index (χ2n) is 5.10. The van der Waals surface area contributed by atoms with E-state index in [0.29, 0.717) is 0 Å². The third-order valence-electron chi connectivity index (χ3n) is 3.65. The zero-order valence-electron chi connectivity index (χ0n) is 11.4. The number of fused-ring (bicyclic) bond motifs is 6. The first kappa shape index (κ1) is 11.3. The summed E-state index contributed by atoms with van der Waals surface area (Å²) in [6.07, 6.45) is 1.83. The Morgan fingerprint density at radius 3 is 2.00 bits per heavy atom. The van der Waals surface area contributed by atoms with E-state index in [2.05, 4.69) is 23.2 Å². The first-order valence-electron chi connectivity index (χ1n) is 6.65. The molecule has 96 valence electrons. The number of aryl methyl sites for hydroxylation is 2. The van der Waals surface area contributed by atoms with Crippen LogP contribution in [0.5, 0.6) is 0 Å². The maximum atomic E-state index is 4.70. The Balaban J connectivity index is 2.41. The molecule has 0 bridgehead atoms. The molecule has 0 radical (unpaired) electrons. The predicted molar refractivity (Wildman–Crippen MR) is 81.8 cm³/mol. The molecule has 0 N–H and O–H groups in total. The lowest BCUT2D eigenvalue weighted by molar-refractivity contribution is 1.23. The summed E-state index contributed by atoms with van der Waals surface area (Å²) in [5, 5.41) is 3.31. The van der Waals surface area contributed by atoms with Crippen molar-refractivity contribution in [3.63, 3.8) is 0 Å². The highest BCUT2D eigenvalue weighted by Gasteiger charge is 2.11. The Hall–Kier alpha value is -2.55. The van der Waals surface area contributed by atoms with E-state index in [4.69, 9.17) is 9.97 Å². The molecule has 0 aliphatic carbocycles. The fraction of sp³-hybridized carbons (Fsp3) is 0.118. The third-order valence-corrected chi connectivity index (χ3v) is 3.65. The van der Waals surface area contributed by atoms with Gasteiger partial charge in [0.1, 0.15) is 0 Å². The van der Waals surface area contributed by atoms with Crippen LogP contribution < -0.4 is 0 Å². The van der Waals surface area contributed by atoms with E-state index in [1.54, 1.807) is 0 Å². The molecule has 20 heavy (non-hydrogen) atoms. The highest BCUT2D eigenvalue weighted by Crippen LogP contribution is 2.31. The van der Waals surface area contributed by atoms with Crippen LogP contribution in [0.25, 0.3) is 32.7 Å². The second-order valence-corrected chi connectivity index (χ2v) is 5.10. The van der Waals surface area contributed by atoms with Crippen LogP contribution in [-0.4, -0.2) is 15.0 Å². The van der Waals surface area contributed by atoms with Gasteiger partial charge in [-0.3, -0.25) is 15.0 Å². The Morgan fingerprint density at radius 1 is 0.650 bits per heavy atom. The molecule has 0 saturated carbocycles. The van der Waals surface area contributed by atoms with E-state index < -0.39 is 0 Å². The Morgan fingerprint density at radius 2 is 1.25 bits per heavy atom. The highest BCUT2D eigenvalue weighted by molar-refractivity contribution is 6.21. The molecule has 0 saturated heterocycles. The molecule has 0 aliphatic rings. The molecule has 3 aromatic heterocycles. The second kappa shape index (κ2) is 3.97. The number of rotatable bonds is 0. The highest BCUT2D eigenvalue weighted by atomic mass is 14.8. The average molecular weight is 259 g/mol. The molecule has 0 unspecified atom stereocenters. The summed E-state index contributed by atoms with van der Waals surface area (Å²) in [6.45, 7) is 4.01. The number of benzene rings is 1. The fourth-order valence-corrected chi connectivity index (χ4v) is 2.72. The van der Waals surface area contributed by atoms with Crippen molar-refractivity contribution in [3.8, 4) is 0 Å². The van der Waals surface area contributed by atoms with Crippen molar-refractivity contribution in [2.75, 3.05) is 0 Å². The number of nitrogens with zero attached hydrogens (tertiary/aromatic N) is 3. The minimum Gasteiger partial charge on any atom is -0.256 e. The van der Waals surface area contributed by atoms with Crippen molar-refractivity contribution in [3.05, 3.63) is 54.0 Å². The van der Waals surface area contributed by atoms with Gasteiger partial charge < -0.3 is 0 Å². The normalized spacial score (nSPS) is 11.5. The average Bonchev–Trinajstić information content (AvgIpc) is 2.47. The van der Waals surface area contributed by atoms with Crippen LogP contribution in [0.2, 0.25) is 0 Å². The van der Waals surface area contributed by atoms with Gasteiger partial charge in [0.2, 0.25) is 0 Å². The van der Waals surface area contributed by atoms with Gasteiger partial charge in [0, 0.05) is 33.7 Å². The smallest absolute Gasteiger partial charge is 0.0990 e. The van der Waals surface area contributed by atoms with Crippen molar-refractivity contribution >= 4 is 32.7 Å². The molecule has 3 nitrogen and oxygen atoms in total. The van der Waals surface area contributed by atoms with Crippen LogP contribution in [-0.2, 0) is 0 Å². The van der Waals surface area contributed by atoms with Crippen LogP contribution in [0.3, 0.4) is 0 Å². The van der Waals surface area contributed by atoms with Gasteiger partial charge >= 0.3 is 0 Å². The monoisotopic (exact) mass is 259 g/mol. The van der Waals surface area contributed by atoms with E-state index in [0.717, 1.165) is 44.1 Å². The van der Waals surface area contributed by atoms with E-state index >= 15 is 0 Å². The van der Waals surface area contributed by atoms with Crippen LogP contribution in [0, 0.1) is 13.8 Å². The molecule has 0 spiro atoms. The quantitative estimate of drug-likeness (QED) is 0.449. The number of aromatic nitrogens is 3. The fourth-order valence-electron chi connectivity index (χ4n) is 2.72. The zero-order chi connectivity index (χ0) is 13.7. The molecule has 3 heterocycles. The van der Waals surface area contributed by atoms with Gasteiger partial charge in [-0.2, -0.15) is 0 Å². The standard InChI is InChI=1S/C17H13N3/c1-10-5-7-13-12-4-3-9-18-15(12)14-8-6-11(2)20-17(14)16(13)19-10/h3-9H,1-2H3. The lowest BCUT2D eigenvalue weighted by atomic mass is 10.0. The van der Waals surface area contributed by atoms with Gasteiger partial charge in [0.25, 0.3) is 0 Å². The summed E-state index contributed by atoms with van der Waals surface area (Å²) >= 11 is 0.